The SMILES string of the molecule is CCN(CC)CCNC(=O)C(C)Oc1cccc(Cl)c1. The summed E-state index contributed by atoms with van der Waals surface area (Å²) in [7, 11) is 0. The molecule has 0 heterocycles. The van der Waals surface area contributed by atoms with Gasteiger partial charge in [-0.15, -0.1) is 0 Å². The fourth-order valence-electron chi connectivity index (χ4n) is 1.82. The first-order chi connectivity index (χ1) is 9.56. The Kier molecular flexibility index (Phi) is 7.41. The number of rotatable bonds is 8. The van der Waals surface area contributed by atoms with Crippen molar-refractivity contribution in [3.8, 4) is 5.75 Å². The highest BCUT2D eigenvalue weighted by molar-refractivity contribution is 6.30. The fraction of sp³-hybridized carbons (Fsp3) is 0.533. The lowest BCUT2D eigenvalue weighted by Gasteiger charge is -2.19. The molecule has 0 saturated carbocycles. The smallest absolute Gasteiger partial charge is 0.260 e. The zero-order chi connectivity index (χ0) is 15.0. The van der Waals surface area contributed by atoms with Gasteiger partial charge in [0.1, 0.15) is 5.75 Å². The highest BCUT2D eigenvalue weighted by atomic mass is 35.5. The summed E-state index contributed by atoms with van der Waals surface area (Å²) in [5.41, 5.74) is 0. The number of halogens is 1. The fourth-order valence-corrected chi connectivity index (χ4v) is 2.00. The summed E-state index contributed by atoms with van der Waals surface area (Å²) < 4.78 is 5.56. The van der Waals surface area contributed by atoms with Crippen LogP contribution >= 0.6 is 11.6 Å². The van der Waals surface area contributed by atoms with Gasteiger partial charge in [-0.2, -0.15) is 0 Å². The monoisotopic (exact) mass is 298 g/mol. The van der Waals surface area contributed by atoms with Crippen LogP contribution in [-0.4, -0.2) is 43.1 Å². The van der Waals surface area contributed by atoms with Crippen LogP contribution in [0.4, 0.5) is 0 Å². The quantitative estimate of drug-likeness (QED) is 0.802. The molecule has 0 spiro atoms. The second kappa shape index (κ2) is 8.82. The van der Waals surface area contributed by atoms with Gasteiger partial charge in [-0.05, 0) is 38.2 Å². The molecule has 1 atom stereocenters. The van der Waals surface area contributed by atoms with E-state index in [2.05, 4.69) is 24.1 Å². The first-order valence-electron chi connectivity index (χ1n) is 6.99. The Morgan fingerprint density at radius 3 is 2.70 bits per heavy atom. The van der Waals surface area contributed by atoms with Gasteiger partial charge in [0.05, 0.1) is 0 Å². The van der Waals surface area contributed by atoms with E-state index in [4.69, 9.17) is 16.3 Å². The van der Waals surface area contributed by atoms with Crippen LogP contribution in [0.25, 0.3) is 0 Å². The third kappa shape index (κ3) is 5.80. The largest absolute Gasteiger partial charge is 0.481 e. The minimum absolute atomic E-state index is 0.114. The Morgan fingerprint density at radius 2 is 2.10 bits per heavy atom. The molecule has 1 aromatic carbocycles. The normalized spacial score (nSPS) is 12.2. The Labute approximate surface area is 126 Å². The standard InChI is InChI=1S/C15H23ClN2O2/c1-4-18(5-2)10-9-17-15(19)12(3)20-14-8-6-7-13(16)11-14/h6-8,11-12H,4-5,9-10H2,1-3H3,(H,17,19). The molecule has 1 amide bonds. The lowest BCUT2D eigenvalue weighted by Crippen LogP contribution is -2.40. The molecule has 1 N–H and O–H groups in total. The van der Waals surface area contributed by atoms with E-state index >= 15 is 0 Å². The van der Waals surface area contributed by atoms with E-state index in [0.29, 0.717) is 17.3 Å². The minimum Gasteiger partial charge on any atom is -0.481 e. The molecule has 20 heavy (non-hydrogen) atoms. The van der Waals surface area contributed by atoms with Crippen molar-refractivity contribution in [1.29, 1.82) is 0 Å². The van der Waals surface area contributed by atoms with Crippen molar-refractivity contribution in [1.82, 2.24) is 10.2 Å². The van der Waals surface area contributed by atoms with Crippen LogP contribution in [0.2, 0.25) is 5.02 Å². The molecule has 0 aromatic heterocycles. The molecular formula is C15H23ClN2O2. The second-order valence-corrected chi connectivity index (χ2v) is 4.97. The summed E-state index contributed by atoms with van der Waals surface area (Å²) in [6.07, 6.45) is -0.537. The molecule has 0 fully saturated rings. The summed E-state index contributed by atoms with van der Waals surface area (Å²) in [5.74, 6) is 0.487. The third-order valence-electron chi connectivity index (χ3n) is 3.10. The summed E-state index contributed by atoms with van der Waals surface area (Å²) in [6, 6.07) is 7.04. The number of hydrogen-bond acceptors (Lipinski definition) is 3. The number of benzene rings is 1. The van der Waals surface area contributed by atoms with Crippen molar-refractivity contribution < 1.29 is 9.53 Å². The van der Waals surface area contributed by atoms with Crippen molar-refractivity contribution in [2.24, 2.45) is 0 Å². The van der Waals surface area contributed by atoms with Crippen LogP contribution in [0.5, 0.6) is 5.75 Å². The molecule has 112 valence electrons. The third-order valence-corrected chi connectivity index (χ3v) is 3.33. The maximum Gasteiger partial charge on any atom is 0.260 e. The molecule has 1 aromatic rings. The van der Waals surface area contributed by atoms with Crippen LogP contribution < -0.4 is 10.1 Å². The lowest BCUT2D eigenvalue weighted by atomic mass is 10.3. The molecule has 1 rings (SSSR count). The molecule has 5 heteroatoms. The highest BCUT2D eigenvalue weighted by Crippen LogP contribution is 2.18. The van der Waals surface area contributed by atoms with Crippen LogP contribution in [-0.2, 0) is 4.79 Å². The Balaban J connectivity index is 2.36. The summed E-state index contributed by atoms with van der Waals surface area (Å²) in [4.78, 5) is 14.2. The van der Waals surface area contributed by atoms with Gasteiger partial charge in [-0.3, -0.25) is 4.79 Å². The van der Waals surface area contributed by atoms with E-state index in [9.17, 15) is 4.79 Å². The molecule has 4 nitrogen and oxygen atoms in total. The molecular weight excluding hydrogens is 276 g/mol. The summed E-state index contributed by atoms with van der Waals surface area (Å²) in [5, 5.41) is 3.47. The van der Waals surface area contributed by atoms with Gasteiger partial charge in [-0.25, -0.2) is 0 Å². The lowest BCUT2D eigenvalue weighted by molar-refractivity contribution is -0.127. The predicted octanol–water partition coefficient (Wildman–Crippen LogP) is 2.57. The van der Waals surface area contributed by atoms with Crippen LogP contribution in [0, 0.1) is 0 Å². The molecule has 0 aliphatic rings. The van der Waals surface area contributed by atoms with E-state index in [-0.39, 0.29) is 5.91 Å². The van der Waals surface area contributed by atoms with Gasteiger partial charge in [0.2, 0.25) is 0 Å². The number of amides is 1. The van der Waals surface area contributed by atoms with Gasteiger partial charge < -0.3 is 15.0 Å². The van der Waals surface area contributed by atoms with E-state index in [0.717, 1.165) is 19.6 Å². The zero-order valence-electron chi connectivity index (χ0n) is 12.4. The topological polar surface area (TPSA) is 41.6 Å². The first kappa shape index (κ1) is 16.8. The minimum atomic E-state index is -0.537. The van der Waals surface area contributed by atoms with Gasteiger partial charge in [0, 0.05) is 18.1 Å². The highest BCUT2D eigenvalue weighted by Gasteiger charge is 2.14. The molecule has 0 aliphatic carbocycles. The van der Waals surface area contributed by atoms with Crippen molar-refractivity contribution in [3.05, 3.63) is 29.3 Å². The van der Waals surface area contributed by atoms with Crippen LogP contribution in [0.15, 0.2) is 24.3 Å². The van der Waals surface area contributed by atoms with E-state index in [1.165, 1.54) is 0 Å². The van der Waals surface area contributed by atoms with Crippen molar-refractivity contribution in [2.45, 2.75) is 26.9 Å². The molecule has 0 saturated heterocycles. The summed E-state index contributed by atoms with van der Waals surface area (Å²) in [6.45, 7) is 9.40. The van der Waals surface area contributed by atoms with Crippen LogP contribution in [0.1, 0.15) is 20.8 Å². The maximum absolute atomic E-state index is 11.9. The van der Waals surface area contributed by atoms with Crippen LogP contribution in [0.3, 0.4) is 0 Å². The molecule has 0 radical (unpaired) electrons. The average Bonchev–Trinajstić information content (AvgIpc) is 2.43. The van der Waals surface area contributed by atoms with Gasteiger partial charge >= 0.3 is 0 Å². The first-order valence-corrected chi connectivity index (χ1v) is 7.36. The number of nitrogens with one attached hydrogen (secondary N) is 1. The molecule has 0 bridgehead atoms. The van der Waals surface area contributed by atoms with Gasteiger partial charge in [0.15, 0.2) is 6.10 Å². The van der Waals surface area contributed by atoms with E-state index < -0.39 is 6.10 Å². The van der Waals surface area contributed by atoms with Gasteiger partial charge in [0.25, 0.3) is 5.91 Å². The molecule has 0 aliphatic heterocycles. The Morgan fingerprint density at radius 1 is 1.40 bits per heavy atom. The van der Waals surface area contributed by atoms with E-state index in [1.807, 2.05) is 0 Å². The van der Waals surface area contributed by atoms with Gasteiger partial charge in [-0.1, -0.05) is 31.5 Å². The maximum atomic E-state index is 11.9. The second-order valence-electron chi connectivity index (χ2n) is 4.54. The summed E-state index contributed by atoms with van der Waals surface area (Å²) >= 11 is 5.87. The van der Waals surface area contributed by atoms with E-state index in [1.54, 1.807) is 31.2 Å². The number of likely N-dealkylation sites (N-methyl/N-ethyl adjacent to an activating group) is 1. The number of hydrogen-bond donors (Lipinski definition) is 1. The molecule has 1 unspecified atom stereocenters. The number of ether oxygens (including phenoxy) is 1. The van der Waals surface area contributed by atoms with Crippen molar-refractivity contribution in [2.75, 3.05) is 26.2 Å². The Hall–Kier alpha value is -1.26. The van der Waals surface area contributed by atoms with Crippen molar-refractivity contribution >= 4 is 17.5 Å². The van der Waals surface area contributed by atoms with Crippen molar-refractivity contribution in [3.63, 3.8) is 0 Å². The Bertz CT molecular complexity index is 422. The zero-order valence-corrected chi connectivity index (χ0v) is 13.1. The number of carbonyl (C=O) groups is 1. The number of carbonyl (C=O) groups excluding carboxylic acids is 1. The predicted molar refractivity (Wildman–Crippen MR) is 82.3 cm³/mol. The average molecular weight is 299 g/mol. The number of nitrogens with zero attached hydrogens (tertiary/aromatic N) is 1.